The van der Waals surface area contributed by atoms with Crippen LogP contribution in [0.3, 0.4) is 0 Å². The maximum Gasteiger partial charge on any atom is 0.277 e. The number of benzene rings is 1. The van der Waals surface area contributed by atoms with Crippen molar-refractivity contribution in [3.8, 4) is 11.5 Å². The quantitative estimate of drug-likeness (QED) is 0.810. The number of hydrogen-bond donors (Lipinski definition) is 0. The minimum atomic E-state index is -0.413. The Morgan fingerprint density at radius 1 is 1.32 bits per heavy atom. The number of likely N-dealkylation sites (tertiary alicyclic amines) is 1. The van der Waals surface area contributed by atoms with E-state index in [0.29, 0.717) is 0 Å². The van der Waals surface area contributed by atoms with E-state index < -0.39 is 5.82 Å². The molecule has 1 aliphatic rings. The summed E-state index contributed by atoms with van der Waals surface area (Å²) in [5.74, 6) is -0.210. The first-order valence-electron chi connectivity index (χ1n) is 7.19. The van der Waals surface area contributed by atoms with Gasteiger partial charge in [-0.05, 0) is 31.9 Å². The van der Waals surface area contributed by atoms with E-state index in [1.54, 1.807) is 18.2 Å². The van der Waals surface area contributed by atoms with Crippen molar-refractivity contribution in [1.82, 2.24) is 15.1 Å². The molecule has 7 heteroatoms. The Balaban J connectivity index is 1.69. The zero-order chi connectivity index (χ0) is 15.5. The molecule has 0 spiro atoms. The van der Waals surface area contributed by atoms with Crippen LogP contribution in [0.4, 0.5) is 4.39 Å². The number of halogens is 1. The first-order chi connectivity index (χ1) is 10.6. The molecule has 0 N–H and O–H groups in total. The smallest absolute Gasteiger partial charge is 0.277 e. The summed E-state index contributed by atoms with van der Waals surface area (Å²) >= 11 is 1.21. The molecular formula is C15H16FN3O2S. The molecule has 3 rings (SSSR count). The van der Waals surface area contributed by atoms with Gasteiger partial charge in [-0.25, -0.2) is 4.39 Å². The molecule has 1 fully saturated rings. The van der Waals surface area contributed by atoms with Gasteiger partial charge in [0, 0.05) is 13.1 Å². The highest BCUT2D eigenvalue weighted by Gasteiger charge is 2.25. The molecule has 0 aliphatic carbocycles. The van der Waals surface area contributed by atoms with E-state index in [2.05, 4.69) is 10.2 Å². The third kappa shape index (κ3) is 3.14. The second kappa shape index (κ2) is 6.48. The van der Waals surface area contributed by atoms with Crippen LogP contribution in [0.15, 0.2) is 33.9 Å². The lowest BCUT2D eigenvalue weighted by Crippen LogP contribution is -2.34. The predicted octanol–water partition coefficient (Wildman–Crippen LogP) is 2.98. The molecule has 1 aromatic heterocycles. The monoisotopic (exact) mass is 321 g/mol. The maximum absolute atomic E-state index is 13.7. The van der Waals surface area contributed by atoms with Crippen molar-refractivity contribution in [1.29, 1.82) is 0 Å². The van der Waals surface area contributed by atoms with Crippen LogP contribution in [0.5, 0.6) is 0 Å². The zero-order valence-electron chi connectivity index (χ0n) is 12.2. The van der Waals surface area contributed by atoms with Gasteiger partial charge in [0.05, 0.1) is 10.8 Å². The summed E-state index contributed by atoms with van der Waals surface area (Å²) < 4.78 is 19.1. The molecule has 1 aliphatic heterocycles. The fourth-order valence-electron chi connectivity index (χ4n) is 2.40. The normalized spacial score (nSPS) is 16.0. The van der Waals surface area contributed by atoms with Gasteiger partial charge in [-0.1, -0.05) is 23.9 Å². The minimum absolute atomic E-state index is 0.0770. The van der Waals surface area contributed by atoms with Gasteiger partial charge < -0.3 is 9.32 Å². The van der Waals surface area contributed by atoms with E-state index in [-0.39, 0.29) is 27.8 Å². The fraction of sp³-hybridized carbons (Fsp3) is 0.400. The second-order valence-electron chi connectivity index (χ2n) is 5.15. The molecule has 116 valence electrons. The molecule has 1 amide bonds. The molecule has 1 atom stereocenters. The van der Waals surface area contributed by atoms with Crippen molar-refractivity contribution in [3.05, 3.63) is 30.1 Å². The van der Waals surface area contributed by atoms with Crippen LogP contribution >= 0.6 is 11.8 Å². The highest BCUT2D eigenvalue weighted by Crippen LogP contribution is 2.28. The lowest BCUT2D eigenvalue weighted by Gasteiger charge is -2.18. The molecule has 1 saturated heterocycles. The number of amides is 1. The molecule has 2 aromatic rings. The predicted molar refractivity (Wildman–Crippen MR) is 80.8 cm³/mol. The summed E-state index contributed by atoms with van der Waals surface area (Å²) in [6.07, 6.45) is 2.11. The van der Waals surface area contributed by atoms with E-state index in [0.717, 1.165) is 25.9 Å². The van der Waals surface area contributed by atoms with Gasteiger partial charge >= 0.3 is 0 Å². The van der Waals surface area contributed by atoms with Crippen LogP contribution in [0.2, 0.25) is 0 Å². The second-order valence-corrected chi connectivity index (χ2v) is 6.44. The van der Waals surface area contributed by atoms with Crippen molar-refractivity contribution >= 4 is 17.7 Å². The Bertz CT molecular complexity index is 670. The van der Waals surface area contributed by atoms with Gasteiger partial charge in [-0.2, -0.15) is 0 Å². The van der Waals surface area contributed by atoms with Crippen LogP contribution in [0.25, 0.3) is 11.5 Å². The summed E-state index contributed by atoms with van der Waals surface area (Å²) in [5.41, 5.74) is 0.264. The summed E-state index contributed by atoms with van der Waals surface area (Å²) in [4.78, 5) is 14.1. The van der Waals surface area contributed by atoms with Gasteiger partial charge in [0.15, 0.2) is 0 Å². The Hall–Kier alpha value is -1.89. The lowest BCUT2D eigenvalue weighted by molar-refractivity contribution is -0.129. The highest BCUT2D eigenvalue weighted by atomic mass is 32.2. The van der Waals surface area contributed by atoms with Crippen LogP contribution < -0.4 is 0 Å². The summed E-state index contributed by atoms with van der Waals surface area (Å²) in [5, 5.41) is 7.72. The average molecular weight is 321 g/mol. The number of rotatable bonds is 4. The molecule has 0 saturated carbocycles. The van der Waals surface area contributed by atoms with Gasteiger partial charge in [0.2, 0.25) is 5.91 Å². The summed E-state index contributed by atoms with van der Waals surface area (Å²) in [6, 6.07) is 6.22. The summed E-state index contributed by atoms with van der Waals surface area (Å²) in [7, 11) is 0. The average Bonchev–Trinajstić information content (AvgIpc) is 3.18. The molecular weight excluding hydrogens is 305 g/mol. The Morgan fingerprint density at radius 2 is 2.05 bits per heavy atom. The Labute approximate surface area is 131 Å². The molecule has 0 bridgehead atoms. The third-order valence-corrected chi connectivity index (χ3v) is 4.48. The number of carbonyl (C=O) groups is 1. The van der Waals surface area contributed by atoms with Crippen LogP contribution in [0.1, 0.15) is 19.8 Å². The van der Waals surface area contributed by atoms with Crippen LogP contribution in [-0.2, 0) is 4.79 Å². The number of thioether (sulfide) groups is 1. The maximum atomic E-state index is 13.7. The molecule has 1 aromatic carbocycles. The van der Waals surface area contributed by atoms with E-state index in [1.807, 2.05) is 11.8 Å². The van der Waals surface area contributed by atoms with E-state index in [9.17, 15) is 9.18 Å². The van der Waals surface area contributed by atoms with Crippen LogP contribution in [-0.4, -0.2) is 39.3 Å². The minimum Gasteiger partial charge on any atom is -0.411 e. The lowest BCUT2D eigenvalue weighted by atomic mass is 10.2. The first kappa shape index (κ1) is 15.0. The van der Waals surface area contributed by atoms with Crippen molar-refractivity contribution in [2.45, 2.75) is 30.2 Å². The summed E-state index contributed by atoms with van der Waals surface area (Å²) in [6.45, 7) is 3.44. The van der Waals surface area contributed by atoms with Gasteiger partial charge in [0.1, 0.15) is 5.82 Å². The third-order valence-electron chi connectivity index (χ3n) is 3.55. The number of aromatic nitrogens is 2. The first-order valence-corrected chi connectivity index (χ1v) is 8.07. The zero-order valence-corrected chi connectivity index (χ0v) is 13.0. The number of hydrogen-bond acceptors (Lipinski definition) is 5. The van der Waals surface area contributed by atoms with E-state index in [1.165, 1.54) is 17.8 Å². The molecule has 0 radical (unpaired) electrons. The Kier molecular flexibility index (Phi) is 4.42. The van der Waals surface area contributed by atoms with Crippen molar-refractivity contribution in [2.75, 3.05) is 13.1 Å². The number of nitrogens with zero attached hydrogens (tertiary/aromatic N) is 3. The van der Waals surface area contributed by atoms with E-state index in [4.69, 9.17) is 4.42 Å². The van der Waals surface area contributed by atoms with Crippen molar-refractivity contribution in [2.24, 2.45) is 0 Å². The van der Waals surface area contributed by atoms with E-state index >= 15 is 0 Å². The Morgan fingerprint density at radius 3 is 2.77 bits per heavy atom. The fourth-order valence-corrected chi connectivity index (χ4v) is 3.16. The molecule has 0 unspecified atom stereocenters. The number of carbonyl (C=O) groups excluding carboxylic acids is 1. The van der Waals surface area contributed by atoms with Crippen LogP contribution in [0, 0.1) is 5.82 Å². The standard InChI is InChI=1S/C15H16FN3O2S/c1-10(14(20)19-8-4-5-9-19)22-15-18-17-13(21-15)11-6-2-3-7-12(11)16/h2-3,6-7,10H,4-5,8-9H2,1H3/t10-/m1/s1. The SMILES string of the molecule is C[C@@H](Sc1nnc(-c2ccccc2F)o1)C(=O)N1CCCC1. The van der Waals surface area contributed by atoms with Gasteiger partial charge in [-0.15, -0.1) is 10.2 Å². The van der Waals surface area contributed by atoms with Crippen molar-refractivity contribution in [3.63, 3.8) is 0 Å². The van der Waals surface area contributed by atoms with Gasteiger partial charge in [0.25, 0.3) is 11.1 Å². The molecule has 5 nitrogen and oxygen atoms in total. The van der Waals surface area contributed by atoms with Crippen molar-refractivity contribution < 1.29 is 13.6 Å². The largest absolute Gasteiger partial charge is 0.411 e. The molecule has 2 heterocycles. The van der Waals surface area contributed by atoms with Gasteiger partial charge in [-0.3, -0.25) is 4.79 Å². The topological polar surface area (TPSA) is 59.2 Å². The molecule has 22 heavy (non-hydrogen) atoms. The highest BCUT2D eigenvalue weighted by molar-refractivity contribution is 8.00.